The quantitative estimate of drug-likeness (QED) is 0.301. The largest absolute Gasteiger partial charge is 0.352 e. The molecule has 0 bridgehead atoms. The van der Waals surface area contributed by atoms with Crippen LogP contribution in [-0.2, 0) is 4.79 Å². The molecule has 5 unspecified atom stereocenters. The van der Waals surface area contributed by atoms with Crippen molar-refractivity contribution in [1.82, 2.24) is 9.97 Å². The minimum Gasteiger partial charge on any atom is -0.352 e. The molecule has 8 nitrogen and oxygen atoms in total. The van der Waals surface area contributed by atoms with Gasteiger partial charge in [0.05, 0.1) is 17.4 Å². The van der Waals surface area contributed by atoms with E-state index < -0.39 is 12.1 Å². The number of hydrogen-bond acceptors (Lipinski definition) is 5. The van der Waals surface area contributed by atoms with Gasteiger partial charge in [-0.05, 0) is 60.7 Å². The minimum absolute atomic E-state index is 0.0221. The number of rotatable bonds is 4. The maximum absolute atomic E-state index is 13.7. The number of benzene rings is 2. The summed E-state index contributed by atoms with van der Waals surface area (Å²) in [7, 11) is 0. The fourth-order valence-electron chi connectivity index (χ4n) is 7.09. The topological polar surface area (TPSA) is 133 Å². The van der Waals surface area contributed by atoms with Crippen LogP contribution in [0.3, 0.4) is 0 Å². The molecule has 2 saturated carbocycles. The highest BCUT2D eigenvalue weighted by atomic mass is 16.2. The van der Waals surface area contributed by atoms with Gasteiger partial charge >= 0.3 is 0 Å². The van der Waals surface area contributed by atoms with Crippen LogP contribution in [0.1, 0.15) is 33.8 Å². The molecule has 2 aromatic heterocycles. The van der Waals surface area contributed by atoms with Crippen LogP contribution in [0.2, 0.25) is 0 Å². The average Bonchev–Trinajstić information content (AvgIpc) is 3.25. The Morgan fingerprint density at radius 3 is 2.67 bits per heavy atom. The standard InChI is InChI=1S/C31H25N5O3/c32-25-18-6-2-3-7-19(18)31-14-20(31)26(36-29(31)28(25)38)27(37)23-13-16-11-17(9-10-22(16)34-23)33-30(39)24-12-15-5-1-4-8-21(15)35-24/h1-6,8-13,19-20,25-26,34-35H,7,14,32H2,(H,33,39). The maximum Gasteiger partial charge on any atom is 0.272 e. The summed E-state index contributed by atoms with van der Waals surface area (Å²) in [6.07, 6.45) is 7.66. The first-order chi connectivity index (χ1) is 18.9. The van der Waals surface area contributed by atoms with Crippen molar-refractivity contribution < 1.29 is 14.4 Å². The van der Waals surface area contributed by atoms with Gasteiger partial charge in [-0.15, -0.1) is 0 Å². The molecule has 0 saturated heterocycles. The summed E-state index contributed by atoms with van der Waals surface area (Å²) in [5, 5.41) is 4.71. The molecule has 39 heavy (non-hydrogen) atoms. The molecule has 3 aliphatic carbocycles. The number of aromatic nitrogens is 2. The van der Waals surface area contributed by atoms with Crippen molar-refractivity contribution in [3.05, 3.63) is 89.8 Å². The second-order valence-electron chi connectivity index (χ2n) is 11.1. The molecule has 8 heteroatoms. The SMILES string of the molecule is NC1C(=O)C2=NC(C(=O)c3cc4cc(NC(=O)c5cc6ccccc6[nH]5)ccc4[nH]3)C3CC23C2CC=CC=C12. The van der Waals surface area contributed by atoms with E-state index in [-0.39, 0.29) is 34.7 Å². The number of Topliss-reactive ketones (excluding diaryl/α,β-unsaturated/α-hetero) is 2. The van der Waals surface area contributed by atoms with E-state index in [1.54, 1.807) is 12.1 Å². The average molecular weight is 516 g/mol. The smallest absolute Gasteiger partial charge is 0.272 e. The minimum atomic E-state index is -0.675. The first-order valence-corrected chi connectivity index (χ1v) is 13.2. The van der Waals surface area contributed by atoms with Gasteiger partial charge in [-0.1, -0.05) is 36.4 Å². The number of anilines is 1. The molecule has 2 aromatic carbocycles. The number of nitrogens with zero attached hydrogens (tertiary/aromatic N) is 1. The van der Waals surface area contributed by atoms with Crippen molar-refractivity contribution in [2.24, 2.45) is 28.0 Å². The first kappa shape index (κ1) is 22.4. The van der Waals surface area contributed by atoms with Crippen molar-refractivity contribution in [2.75, 3.05) is 5.32 Å². The van der Waals surface area contributed by atoms with Crippen LogP contribution in [0, 0.1) is 17.3 Å². The number of ketones is 2. The number of aromatic amines is 2. The van der Waals surface area contributed by atoms with Gasteiger partial charge in [-0.3, -0.25) is 19.4 Å². The summed E-state index contributed by atoms with van der Waals surface area (Å²) < 4.78 is 0. The summed E-state index contributed by atoms with van der Waals surface area (Å²) >= 11 is 0. The van der Waals surface area contributed by atoms with Crippen LogP contribution < -0.4 is 11.1 Å². The number of carbonyl (C=O) groups excluding carboxylic acids is 3. The maximum atomic E-state index is 13.7. The molecule has 1 spiro atoms. The van der Waals surface area contributed by atoms with Crippen LogP contribution >= 0.6 is 0 Å². The predicted octanol–water partition coefficient (Wildman–Crippen LogP) is 4.33. The molecule has 2 fully saturated rings. The highest BCUT2D eigenvalue weighted by Crippen LogP contribution is 2.69. The number of amides is 1. The highest BCUT2D eigenvalue weighted by Gasteiger charge is 2.73. The predicted molar refractivity (Wildman–Crippen MR) is 149 cm³/mol. The van der Waals surface area contributed by atoms with E-state index in [4.69, 9.17) is 10.7 Å². The Morgan fingerprint density at radius 1 is 1.00 bits per heavy atom. The zero-order valence-corrected chi connectivity index (χ0v) is 20.9. The van der Waals surface area contributed by atoms with Crippen molar-refractivity contribution in [2.45, 2.75) is 24.9 Å². The number of nitrogens with two attached hydrogens (primary N) is 1. The summed E-state index contributed by atoms with van der Waals surface area (Å²) in [4.78, 5) is 50.8. The Morgan fingerprint density at radius 2 is 1.79 bits per heavy atom. The van der Waals surface area contributed by atoms with Gasteiger partial charge in [0.15, 0.2) is 5.78 Å². The van der Waals surface area contributed by atoms with E-state index in [1.165, 1.54) is 0 Å². The summed E-state index contributed by atoms with van der Waals surface area (Å²) in [6, 6.07) is 15.6. The number of para-hydroxylation sites is 1. The summed E-state index contributed by atoms with van der Waals surface area (Å²) in [5.41, 5.74) is 10.7. The molecule has 5 atom stereocenters. The molecule has 5 N–H and O–H groups in total. The molecule has 0 radical (unpaired) electrons. The fourth-order valence-corrected chi connectivity index (χ4v) is 7.09. The number of allylic oxidation sites excluding steroid dienone is 3. The van der Waals surface area contributed by atoms with E-state index in [2.05, 4.69) is 21.4 Å². The first-order valence-electron chi connectivity index (χ1n) is 13.2. The lowest BCUT2D eigenvalue weighted by atomic mass is 9.66. The summed E-state index contributed by atoms with van der Waals surface area (Å²) in [6.45, 7) is 0. The summed E-state index contributed by atoms with van der Waals surface area (Å²) in [5.74, 6) is -0.332. The van der Waals surface area contributed by atoms with E-state index in [0.29, 0.717) is 22.8 Å². The van der Waals surface area contributed by atoms with Crippen molar-refractivity contribution in [3.63, 3.8) is 0 Å². The van der Waals surface area contributed by atoms with Crippen molar-refractivity contribution in [3.8, 4) is 0 Å². The number of carbonyl (C=O) groups is 3. The number of hydrogen-bond donors (Lipinski definition) is 4. The number of fused-ring (bicyclic) bond motifs is 3. The molecule has 4 aromatic rings. The Hall–Kier alpha value is -4.56. The lowest BCUT2D eigenvalue weighted by molar-refractivity contribution is -0.114. The number of H-pyrrole nitrogens is 2. The fraction of sp³-hybridized carbons (Fsp3) is 0.226. The third kappa shape index (κ3) is 3.09. The molecule has 3 heterocycles. The van der Waals surface area contributed by atoms with Gasteiger partial charge in [0.25, 0.3) is 5.91 Å². The van der Waals surface area contributed by atoms with Crippen molar-refractivity contribution >= 4 is 50.7 Å². The van der Waals surface area contributed by atoms with Gasteiger partial charge < -0.3 is 21.0 Å². The molecule has 1 aliphatic heterocycles. The Bertz CT molecular complexity index is 1820. The normalized spacial score (nSPS) is 28.5. The second kappa shape index (κ2) is 7.74. The molecular weight excluding hydrogens is 490 g/mol. The van der Waals surface area contributed by atoms with Gasteiger partial charge in [0.2, 0.25) is 5.78 Å². The van der Waals surface area contributed by atoms with Crippen LogP contribution in [0.5, 0.6) is 0 Å². The number of aliphatic imine (C=N–C) groups is 1. The Labute approximate surface area is 223 Å². The highest BCUT2D eigenvalue weighted by molar-refractivity contribution is 6.47. The van der Waals surface area contributed by atoms with E-state index >= 15 is 0 Å². The van der Waals surface area contributed by atoms with Gasteiger partial charge in [0.1, 0.15) is 11.7 Å². The molecule has 4 aliphatic rings. The van der Waals surface area contributed by atoms with E-state index in [1.807, 2.05) is 54.6 Å². The van der Waals surface area contributed by atoms with E-state index in [9.17, 15) is 14.4 Å². The third-order valence-electron chi connectivity index (χ3n) is 9.03. The number of nitrogens with one attached hydrogen (secondary N) is 3. The molecule has 1 amide bonds. The van der Waals surface area contributed by atoms with Gasteiger partial charge in [0, 0.05) is 38.8 Å². The van der Waals surface area contributed by atoms with Crippen LogP contribution in [-0.4, -0.2) is 45.2 Å². The molecule has 8 rings (SSSR count). The van der Waals surface area contributed by atoms with Crippen LogP contribution in [0.15, 0.2) is 83.4 Å². The Kier molecular flexibility index (Phi) is 4.45. The third-order valence-corrected chi connectivity index (χ3v) is 9.03. The molecular formula is C31H25N5O3. The van der Waals surface area contributed by atoms with Crippen LogP contribution in [0.4, 0.5) is 5.69 Å². The lowest BCUT2D eigenvalue weighted by Crippen LogP contribution is -2.51. The van der Waals surface area contributed by atoms with E-state index in [0.717, 1.165) is 40.2 Å². The zero-order valence-electron chi connectivity index (χ0n) is 20.9. The Balaban J connectivity index is 1.06. The second-order valence-corrected chi connectivity index (χ2v) is 11.1. The van der Waals surface area contributed by atoms with Gasteiger partial charge in [-0.25, -0.2) is 0 Å². The van der Waals surface area contributed by atoms with Gasteiger partial charge in [-0.2, -0.15) is 0 Å². The zero-order chi connectivity index (χ0) is 26.5. The molecule has 192 valence electrons. The van der Waals surface area contributed by atoms with Crippen LogP contribution in [0.25, 0.3) is 21.8 Å². The monoisotopic (exact) mass is 515 g/mol. The lowest BCUT2D eigenvalue weighted by Gasteiger charge is -2.37. The van der Waals surface area contributed by atoms with Crippen molar-refractivity contribution in [1.29, 1.82) is 0 Å².